The largest absolute Gasteiger partial charge is 0.474 e. The van der Waals surface area contributed by atoms with E-state index in [1.807, 2.05) is 0 Å². The molecule has 1 aromatic heterocycles. The summed E-state index contributed by atoms with van der Waals surface area (Å²) in [6, 6.07) is 6.94. The summed E-state index contributed by atoms with van der Waals surface area (Å²) in [6.45, 7) is 0. The van der Waals surface area contributed by atoms with Crippen LogP contribution in [0, 0.1) is 0 Å². The highest BCUT2D eigenvalue weighted by atomic mass is 35.5. The number of aromatic nitrogens is 1. The number of oxazole rings is 1. The van der Waals surface area contributed by atoms with E-state index < -0.39 is 5.97 Å². The summed E-state index contributed by atoms with van der Waals surface area (Å²) in [5, 5.41) is 9.18. The Balaban J connectivity index is 2.41. The van der Waals surface area contributed by atoms with Gasteiger partial charge in [0.15, 0.2) is 0 Å². The van der Waals surface area contributed by atoms with Gasteiger partial charge in [-0.3, -0.25) is 0 Å². The van der Waals surface area contributed by atoms with Gasteiger partial charge in [0.1, 0.15) is 12.0 Å². The van der Waals surface area contributed by atoms with E-state index in [0.29, 0.717) is 10.7 Å². The molecule has 0 fully saturated rings. The van der Waals surface area contributed by atoms with Crippen LogP contribution >= 0.6 is 11.6 Å². The molecule has 2 rings (SSSR count). The monoisotopic (exact) mass is 223 g/mol. The van der Waals surface area contributed by atoms with Crippen LogP contribution < -0.4 is 0 Å². The van der Waals surface area contributed by atoms with Crippen molar-refractivity contribution in [3.63, 3.8) is 0 Å². The number of carboxylic acid groups (broad SMARTS) is 1. The third kappa shape index (κ3) is 1.99. The molecular weight excluding hydrogens is 218 g/mol. The molecule has 2 aromatic rings. The number of benzene rings is 1. The molecule has 0 aliphatic rings. The molecule has 0 amide bonds. The molecule has 15 heavy (non-hydrogen) atoms. The normalized spacial score (nSPS) is 10.2. The van der Waals surface area contributed by atoms with E-state index in [4.69, 9.17) is 21.1 Å². The molecule has 1 heterocycles. The third-order valence-corrected chi connectivity index (χ3v) is 2.04. The number of hydrogen-bond donors (Lipinski definition) is 1. The number of rotatable bonds is 2. The van der Waals surface area contributed by atoms with Crippen molar-refractivity contribution in [2.24, 2.45) is 0 Å². The van der Waals surface area contributed by atoms with Gasteiger partial charge in [0.05, 0.1) is 0 Å². The second kappa shape index (κ2) is 3.74. The Kier molecular flexibility index (Phi) is 2.43. The third-order valence-electron chi connectivity index (χ3n) is 1.81. The van der Waals surface area contributed by atoms with E-state index in [0.717, 1.165) is 5.56 Å². The van der Waals surface area contributed by atoms with Crippen molar-refractivity contribution in [2.75, 3.05) is 0 Å². The van der Waals surface area contributed by atoms with Crippen LogP contribution in [0.25, 0.3) is 11.3 Å². The first-order valence-electron chi connectivity index (χ1n) is 4.11. The Morgan fingerprint density at radius 3 is 2.87 bits per heavy atom. The van der Waals surface area contributed by atoms with Crippen molar-refractivity contribution in [3.8, 4) is 11.3 Å². The highest BCUT2D eigenvalue weighted by molar-refractivity contribution is 6.30. The predicted octanol–water partition coefficient (Wildman–Crippen LogP) is 2.69. The Bertz CT molecular complexity index is 507. The van der Waals surface area contributed by atoms with Crippen molar-refractivity contribution in [1.29, 1.82) is 0 Å². The lowest BCUT2D eigenvalue weighted by Crippen LogP contribution is -1.95. The van der Waals surface area contributed by atoms with Crippen molar-refractivity contribution < 1.29 is 14.3 Å². The minimum absolute atomic E-state index is 0.329. The van der Waals surface area contributed by atoms with Gasteiger partial charge in [-0.25, -0.2) is 9.78 Å². The lowest BCUT2D eigenvalue weighted by Gasteiger charge is -1.94. The van der Waals surface area contributed by atoms with Gasteiger partial charge in [0.2, 0.25) is 0 Å². The molecule has 1 aromatic carbocycles. The van der Waals surface area contributed by atoms with Crippen LogP contribution in [0.1, 0.15) is 10.7 Å². The molecule has 0 radical (unpaired) electrons. The molecule has 0 aliphatic carbocycles. The van der Waals surface area contributed by atoms with Crippen LogP contribution in [0.3, 0.4) is 0 Å². The lowest BCUT2D eigenvalue weighted by atomic mass is 10.2. The number of aromatic carboxylic acids is 1. The fourth-order valence-electron chi connectivity index (χ4n) is 1.15. The SMILES string of the molecule is O=C(O)c1nc(-c2cccc(Cl)c2)co1. The smallest absolute Gasteiger partial charge is 0.392 e. The molecule has 0 spiro atoms. The highest BCUT2D eigenvalue weighted by Crippen LogP contribution is 2.21. The number of halogens is 1. The van der Waals surface area contributed by atoms with Gasteiger partial charge in [-0.2, -0.15) is 0 Å². The summed E-state index contributed by atoms with van der Waals surface area (Å²) in [5.41, 5.74) is 1.17. The lowest BCUT2D eigenvalue weighted by molar-refractivity contribution is 0.0653. The zero-order chi connectivity index (χ0) is 10.8. The van der Waals surface area contributed by atoms with Gasteiger partial charge in [-0.1, -0.05) is 23.7 Å². The summed E-state index contributed by atoms with van der Waals surface area (Å²) in [5.74, 6) is -1.52. The first-order chi connectivity index (χ1) is 7.16. The molecule has 0 saturated heterocycles. The van der Waals surface area contributed by atoms with Crippen LogP contribution in [0.4, 0.5) is 0 Å². The van der Waals surface area contributed by atoms with Gasteiger partial charge >= 0.3 is 11.9 Å². The molecule has 1 N–H and O–H groups in total. The topological polar surface area (TPSA) is 63.3 Å². The molecule has 0 unspecified atom stereocenters. The predicted molar refractivity (Wildman–Crippen MR) is 53.9 cm³/mol. The van der Waals surface area contributed by atoms with Crippen molar-refractivity contribution in [3.05, 3.63) is 41.4 Å². The zero-order valence-corrected chi connectivity index (χ0v) is 8.23. The first-order valence-corrected chi connectivity index (χ1v) is 4.49. The van der Waals surface area contributed by atoms with Crippen molar-refractivity contribution in [1.82, 2.24) is 4.98 Å². The van der Waals surface area contributed by atoms with E-state index in [1.54, 1.807) is 24.3 Å². The molecule has 0 saturated carbocycles. The standard InChI is InChI=1S/C10H6ClNO3/c11-7-3-1-2-6(4-7)8-5-15-9(12-8)10(13)14/h1-5H,(H,13,14). The van der Waals surface area contributed by atoms with Gasteiger partial charge in [-0.15, -0.1) is 0 Å². The highest BCUT2D eigenvalue weighted by Gasteiger charge is 2.12. The first kappa shape index (κ1) is 9.73. The summed E-state index contributed by atoms with van der Waals surface area (Å²) < 4.78 is 4.77. The van der Waals surface area contributed by atoms with E-state index >= 15 is 0 Å². The van der Waals surface area contributed by atoms with E-state index in [1.165, 1.54) is 6.26 Å². The van der Waals surface area contributed by atoms with Crippen LogP contribution in [0.5, 0.6) is 0 Å². The average Bonchev–Trinajstić information content (AvgIpc) is 2.66. The summed E-state index contributed by atoms with van der Waals surface area (Å²) >= 11 is 5.79. The Morgan fingerprint density at radius 1 is 1.47 bits per heavy atom. The van der Waals surface area contributed by atoms with Crippen LogP contribution in [0.2, 0.25) is 5.02 Å². The fourth-order valence-corrected chi connectivity index (χ4v) is 1.34. The van der Waals surface area contributed by atoms with Crippen LogP contribution in [-0.4, -0.2) is 16.1 Å². The Labute approximate surface area is 90.1 Å². The second-order valence-corrected chi connectivity index (χ2v) is 3.29. The maximum Gasteiger partial charge on any atom is 0.392 e. The molecular formula is C10H6ClNO3. The molecule has 4 nitrogen and oxygen atoms in total. The maximum absolute atomic E-state index is 10.5. The van der Waals surface area contributed by atoms with Gasteiger partial charge < -0.3 is 9.52 Å². The fraction of sp³-hybridized carbons (Fsp3) is 0. The van der Waals surface area contributed by atoms with Crippen molar-refractivity contribution in [2.45, 2.75) is 0 Å². The van der Waals surface area contributed by atoms with Gasteiger partial charge in [0.25, 0.3) is 0 Å². The number of carboxylic acids is 1. The minimum atomic E-state index is -1.19. The summed E-state index contributed by atoms with van der Waals surface area (Å²) in [7, 11) is 0. The molecule has 0 aliphatic heterocycles. The summed E-state index contributed by atoms with van der Waals surface area (Å²) in [6.07, 6.45) is 1.29. The molecule has 5 heteroatoms. The van der Waals surface area contributed by atoms with Gasteiger partial charge in [0, 0.05) is 10.6 Å². The molecule has 0 bridgehead atoms. The van der Waals surface area contributed by atoms with Crippen molar-refractivity contribution >= 4 is 17.6 Å². The number of carbonyl (C=O) groups is 1. The van der Waals surface area contributed by atoms with Crippen LogP contribution in [0.15, 0.2) is 34.9 Å². The Morgan fingerprint density at radius 2 is 2.27 bits per heavy atom. The minimum Gasteiger partial charge on any atom is -0.474 e. The summed E-state index contributed by atoms with van der Waals surface area (Å²) in [4.78, 5) is 14.3. The average molecular weight is 224 g/mol. The second-order valence-electron chi connectivity index (χ2n) is 2.85. The maximum atomic E-state index is 10.5. The quantitative estimate of drug-likeness (QED) is 0.850. The van der Waals surface area contributed by atoms with E-state index in [9.17, 15) is 4.79 Å². The van der Waals surface area contributed by atoms with Crippen LogP contribution in [-0.2, 0) is 0 Å². The number of nitrogens with zero attached hydrogens (tertiary/aromatic N) is 1. The van der Waals surface area contributed by atoms with E-state index in [-0.39, 0.29) is 5.89 Å². The zero-order valence-electron chi connectivity index (χ0n) is 7.48. The van der Waals surface area contributed by atoms with E-state index in [2.05, 4.69) is 4.98 Å². The molecule has 0 atom stereocenters. The molecule has 76 valence electrons. The number of hydrogen-bond acceptors (Lipinski definition) is 3. The Hall–Kier alpha value is -1.81. The van der Waals surface area contributed by atoms with Gasteiger partial charge in [-0.05, 0) is 12.1 Å².